The van der Waals surface area contributed by atoms with Crippen LogP contribution >= 0.6 is 0 Å². The highest BCUT2D eigenvalue weighted by atomic mass is 16.4. The largest absolute Gasteiger partial charge is 0.481 e. The molecule has 6 nitrogen and oxygen atoms in total. The summed E-state index contributed by atoms with van der Waals surface area (Å²) in [6.07, 6.45) is 2.05. The Morgan fingerprint density at radius 3 is 1.06 bits per heavy atom. The van der Waals surface area contributed by atoms with Gasteiger partial charge in [-0.1, -0.05) is 13.8 Å². The molecule has 0 aliphatic carbocycles. The number of carboxylic acids is 2. The Labute approximate surface area is 95.5 Å². The van der Waals surface area contributed by atoms with E-state index in [-0.39, 0.29) is 13.2 Å². The molecule has 98 valence electrons. The molecule has 0 heterocycles. The van der Waals surface area contributed by atoms with Gasteiger partial charge in [-0.2, -0.15) is 0 Å². The van der Waals surface area contributed by atoms with Crippen molar-refractivity contribution in [3.63, 3.8) is 0 Å². The summed E-state index contributed by atoms with van der Waals surface area (Å²) in [7, 11) is 0. The van der Waals surface area contributed by atoms with Crippen molar-refractivity contribution in [3.8, 4) is 0 Å². The maximum Gasteiger partial charge on any atom is 0.303 e. The first-order chi connectivity index (χ1) is 7.45. The van der Waals surface area contributed by atoms with E-state index in [1.807, 2.05) is 13.8 Å². The third-order valence-corrected chi connectivity index (χ3v) is 1.03. The van der Waals surface area contributed by atoms with Crippen LogP contribution in [0.2, 0.25) is 0 Å². The molecule has 16 heavy (non-hydrogen) atoms. The Bertz CT molecular complexity index is 139. The van der Waals surface area contributed by atoms with Gasteiger partial charge in [0, 0.05) is 12.8 Å². The third-order valence-electron chi connectivity index (χ3n) is 1.03. The van der Waals surface area contributed by atoms with Crippen LogP contribution in [-0.2, 0) is 9.59 Å². The van der Waals surface area contributed by atoms with Crippen molar-refractivity contribution < 1.29 is 30.0 Å². The summed E-state index contributed by atoms with van der Waals surface area (Å²) in [5, 5.41) is 31.1. The summed E-state index contributed by atoms with van der Waals surface area (Å²) in [5.41, 5.74) is 0. The Kier molecular flexibility index (Phi) is 24.7. The molecule has 0 aliphatic rings. The van der Waals surface area contributed by atoms with Crippen LogP contribution in [0.3, 0.4) is 0 Å². The zero-order valence-electron chi connectivity index (χ0n) is 9.85. The van der Waals surface area contributed by atoms with Crippen molar-refractivity contribution in [2.45, 2.75) is 39.5 Å². The maximum atomic E-state index is 9.60. The molecular weight excluding hydrogens is 216 g/mol. The number of carbonyl (C=O) groups is 2. The zero-order valence-corrected chi connectivity index (χ0v) is 9.85. The van der Waals surface area contributed by atoms with E-state index in [1.54, 1.807) is 0 Å². The molecule has 0 atom stereocenters. The average Bonchev–Trinajstić information content (AvgIpc) is 2.18. The minimum absolute atomic E-state index is 0.125. The van der Waals surface area contributed by atoms with Crippen molar-refractivity contribution in [3.05, 3.63) is 0 Å². The number of rotatable bonds is 5. The third kappa shape index (κ3) is 52.7. The molecule has 0 fully saturated rings. The van der Waals surface area contributed by atoms with Crippen LogP contribution in [0.4, 0.5) is 0 Å². The number of aliphatic hydroxyl groups excluding tert-OH is 2. The highest BCUT2D eigenvalue weighted by Gasteiger charge is 1.88. The van der Waals surface area contributed by atoms with E-state index in [0.717, 1.165) is 12.8 Å². The van der Waals surface area contributed by atoms with E-state index in [9.17, 15) is 9.59 Å². The summed E-state index contributed by atoms with van der Waals surface area (Å²) < 4.78 is 0. The zero-order chi connectivity index (χ0) is 13.4. The minimum atomic E-state index is -0.711. The van der Waals surface area contributed by atoms with Gasteiger partial charge in [-0.3, -0.25) is 9.59 Å². The van der Waals surface area contributed by atoms with Gasteiger partial charge >= 0.3 is 11.9 Å². The van der Waals surface area contributed by atoms with Crippen molar-refractivity contribution in [2.24, 2.45) is 0 Å². The van der Waals surface area contributed by atoms with E-state index >= 15 is 0 Å². The fourth-order valence-corrected chi connectivity index (χ4v) is 0.428. The van der Waals surface area contributed by atoms with E-state index in [1.165, 1.54) is 0 Å². The number of hydrogen-bond acceptors (Lipinski definition) is 4. The number of carboxylic acid groups (broad SMARTS) is 2. The van der Waals surface area contributed by atoms with E-state index in [4.69, 9.17) is 20.4 Å². The second-order valence-corrected chi connectivity index (χ2v) is 2.73. The van der Waals surface area contributed by atoms with Gasteiger partial charge in [0.15, 0.2) is 0 Å². The van der Waals surface area contributed by atoms with Gasteiger partial charge in [0.1, 0.15) is 0 Å². The summed E-state index contributed by atoms with van der Waals surface area (Å²) in [4.78, 5) is 19.2. The SMILES string of the molecule is CCCC(=O)O.CCCC(=O)O.OCCO. The highest BCUT2D eigenvalue weighted by molar-refractivity contribution is 5.66. The van der Waals surface area contributed by atoms with Gasteiger partial charge in [0.2, 0.25) is 0 Å². The molecule has 0 saturated heterocycles. The summed E-state index contributed by atoms with van der Waals surface area (Å²) in [6.45, 7) is 3.43. The number of aliphatic hydroxyl groups is 2. The first-order valence-corrected chi connectivity index (χ1v) is 5.11. The van der Waals surface area contributed by atoms with Crippen LogP contribution in [0.25, 0.3) is 0 Å². The van der Waals surface area contributed by atoms with Gasteiger partial charge in [-0.05, 0) is 12.8 Å². The summed E-state index contributed by atoms with van der Waals surface area (Å²) in [6, 6.07) is 0. The van der Waals surface area contributed by atoms with E-state index in [2.05, 4.69) is 0 Å². The number of aliphatic carboxylic acids is 2. The molecule has 0 unspecified atom stereocenters. The van der Waals surface area contributed by atoms with Crippen LogP contribution in [0.5, 0.6) is 0 Å². The Morgan fingerprint density at radius 1 is 0.812 bits per heavy atom. The molecule has 0 radical (unpaired) electrons. The molecule has 0 bridgehead atoms. The van der Waals surface area contributed by atoms with E-state index < -0.39 is 11.9 Å². The van der Waals surface area contributed by atoms with Crippen molar-refractivity contribution in [2.75, 3.05) is 13.2 Å². The predicted octanol–water partition coefficient (Wildman–Crippen LogP) is 0.713. The van der Waals surface area contributed by atoms with Crippen LogP contribution in [0, 0.1) is 0 Å². The average molecular weight is 238 g/mol. The van der Waals surface area contributed by atoms with Crippen molar-refractivity contribution in [1.29, 1.82) is 0 Å². The lowest BCUT2D eigenvalue weighted by Crippen LogP contribution is -1.90. The first-order valence-electron chi connectivity index (χ1n) is 5.11. The Morgan fingerprint density at radius 2 is 1.06 bits per heavy atom. The fraction of sp³-hybridized carbons (Fsp3) is 0.800. The molecule has 0 aromatic heterocycles. The molecule has 0 rings (SSSR count). The molecule has 0 aromatic carbocycles. The molecule has 0 spiro atoms. The van der Waals surface area contributed by atoms with Gasteiger partial charge < -0.3 is 20.4 Å². The summed E-state index contributed by atoms with van der Waals surface area (Å²) in [5.74, 6) is -1.42. The first kappa shape index (κ1) is 20.3. The standard InChI is InChI=1S/2C4H8O2.C2H6O2/c2*1-2-3-4(5)6;3-1-2-4/h2*2-3H2,1H3,(H,5,6);3-4H,1-2H2. The van der Waals surface area contributed by atoms with Gasteiger partial charge in [0.25, 0.3) is 0 Å². The quantitative estimate of drug-likeness (QED) is 0.560. The second kappa shape index (κ2) is 19.4. The topological polar surface area (TPSA) is 115 Å². The molecule has 0 amide bonds. The van der Waals surface area contributed by atoms with Crippen LogP contribution in [0.15, 0.2) is 0 Å². The van der Waals surface area contributed by atoms with Gasteiger partial charge in [-0.25, -0.2) is 0 Å². The molecule has 6 heteroatoms. The number of hydrogen-bond donors (Lipinski definition) is 4. The van der Waals surface area contributed by atoms with Gasteiger partial charge in [0.05, 0.1) is 13.2 Å². The second-order valence-electron chi connectivity index (χ2n) is 2.73. The summed E-state index contributed by atoms with van der Waals surface area (Å²) >= 11 is 0. The van der Waals surface area contributed by atoms with Crippen molar-refractivity contribution in [1.82, 2.24) is 0 Å². The Balaban J connectivity index is -0.000000162. The molecule has 4 N–H and O–H groups in total. The van der Waals surface area contributed by atoms with Gasteiger partial charge in [-0.15, -0.1) is 0 Å². The fourth-order valence-electron chi connectivity index (χ4n) is 0.428. The monoisotopic (exact) mass is 238 g/mol. The highest BCUT2D eigenvalue weighted by Crippen LogP contribution is 1.82. The molecule has 0 aromatic rings. The van der Waals surface area contributed by atoms with Crippen LogP contribution in [0.1, 0.15) is 39.5 Å². The van der Waals surface area contributed by atoms with Crippen LogP contribution < -0.4 is 0 Å². The lowest BCUT2D eigenvalue weighted by molar-refractivity contribution is -0.138. The lowest BCUT2D eigenvalue weighted by atomic mass is 10.4. The minimum Gasteiger partial charge on any atom is -0.481 e. The van der Waals surface area contributed by atoms with Crippen LogP contribution in [-0.4, -0.2) is 45.6 Å². The molecule has 0 saturated carbocycles. The maximum absolute atomic E-state index is 9.60. The lowest BCUT2D eigenvalue weighted by Gasteiger charge is -1.79. The predicted molar refractivity (Wildman–Crippen MR) is 59.3 cm³/mol. The Hall–Kier alpha value is -1.14. The molecule has 0 aliphatic heterocycles. The van der Waals surface area contributed by atoms with Crippen molar-refractivity contribution >= 4 is 11.9 Å². The molecular formula is C10H22O6. The smallest absolute Gasteiger partial charge is 0.303 e. The van der Waals surface area contributed by atoms with E-state index in [0.29, 0.717) is 12.8 Å². The normalized spacial score (nSPS) is 8.00.